The second kappa shape index (κ2) is 36.7. The normalized spacial score (nSPS) is 10.6. The van der Waals surface area contributed by atoms with Crippen LogP contribution in [0.25, 0.3) is 133 Å². The second-order valence-electron chi connectivity index (χ2n) is 26.5. The van der Waals surface area contributed by atoms with Gasteiger partial charge in [-0.3, -0.25) is 14.1 Å². The first-order chi connectivity index (χ1) is 55.4. The molecule has 7 aromatic heterocycles. The van der Waals surface area contributed by atoms with E-state index in [-0.39, 0.29) is 0 Å². The van der Waals surface area contributed by atoms with Crippen LogP contribution in [0.4, 0.5) is 0 Å². The Kier molecular flexibility index (Phi) is 24.5. The number of thiazole rings is 1. The van der Waals surface area contributed by atoms with Gasteiger partial charge >= 0.3 is 0 Å². The van der Waals surface area contributed by atoms with E-state index in [0.717, 1.165) is 130 Å². The third-order valence-corrected chi connectivity index (χ3v) is 19.3. The number of aryl methyl sites for hydroxylation is 7. The number of aromatic nitrogens is 13. The van der Waals surface area contributed by atoms with Crippen molar-refractivity contribution in [3.63, 3.8) is 0 Å². The van der Waals surface area contributed by atoms with Gasteiger partial charge in [0, 0.05) is 57.2 Å². The predicted octanol–water partition coefficient (Wildman–Crippen LogP) is 24.3. The Morgan fingerprint density at radius 2 is 0.850 bits per heavy atom. The van der Waals surface area contributed by atoms with E-state index in [1.165, 1.54) is 42.9 Å². The zero-order valence-corrected chi connectivity index (χ0v) is 64.6. The summed E-state index contributed by atoms with van der Waals surface area (Å²) in [6.45, 7) is 13.7. The molecule has 7 heterocycles. The number of pyridine rings is 1. The molecule has 0 spiro atoms. The van der Waals surface area contributed by atoms with Crippen LogP contribution in [0.2, 0.25) is 0 Å². The molecule has 0 aliphatic heterocycles. The van der Waals surface area contributed by atoms with Crippen LogP contribution in [0.1, 0.15) is 39.9 Å². The number of hydrogen-bond donors (Lipinski definition) is 0. The molecule has 13 aromatic carbocycles. The van der Waals surface area contributed by atoms with E-state index in [2.05, 4.69) is 226 Å². The van der Waals surface area contributed by atoms with Gasteiger partial charge in [0.2, 0.25) is 0 Å². The molecule has 20 aromatic rings. The van der Waals surface area contributed by atoms with Crippen molar-refractivity contribution in [1.29, 1.82) is 0 Å². The van der Waals surface area contributed by atoms with Crippen molar-refractivity contribution in [2.24, 2.45) is 0 Å². The highest BCUT2D eigenvalue weighted by atomic mass is 32.1. The van der Waals surface area contributed by atoms with Crippen molar-refractivity contribution < 1.29 is 4.42 Å². The molecule has 0 saturated heterocycles. The lowest BCUT2D eigenvalue weighted by molar-refractivity contribution is 0.561. The lowest BCUT2D eigenvalue weighted by Crippen LogP contribution is -1.99. The summed E-state index contributed by atoms with van der Waals surface area (Å²) in [4.78, 5) is 31.5. The topological polar surface area (TPSA) is 165 Å². The van der Waals surface area contributed by atoms with Crippen LogP contribution in [0.5, 0.6) is 0 Å². The van der Waals surface area contributed by atoms with Crippen molar-refractivity contribution in [2.75, 3.05) is 0 Å². The van der Waals surface area contributed by atoms with Crippen LogP contribution in [-0.4, -0.2) is 64.4 Å². The van der Waals surface area contributed by atoms with E-state index >= 15 is 0 Å². The minimum absolute atomic E-state index is 0.723. The minimum atomic E-state index is 0.723. The van der Waals surface area contributed by atoms with Crippen LogP contribution in [0, 0.1) is 48.5 Å². The maximum absolute atomic E-state index is 5.26. The van der Waals surface area contributed by atoms with Crippen molar-refractivity contribution in [2.45, 2.75) is 48.5 Å². The summed E-state index contributed by atoms with van der Waals surface area (Å²) in [7, 11) is 0. The molecule has 0 N–H and O–H groups in total. The molecule has 0 saturated carbocycles. The summed E-state index contributed by atoms with van der Waals surface area (Å²) in [5, 5.41) is 23.3. The third-order valence-electron chi connectivity index (χ3n) is 18.3. The Morgan fingerprint density at radius 1 is 0.310 bits per heavy atom. The van der Waals surface area contributed by atoms with Gasteiger partial charge in [-0.2, -0.15) is 0 Å². The molecule has 0 aliphatic carbocycles. The molecule has 0 fully saturated rings. The number of benzene rings is 13. The highest BCUT2D eigenvalue weighted by Gasteiger charge is 2.15. The Morgan fingerprint density at radius 3 is 1.53 bits per heavy atom. The van der Waals surface area contributed by atoms with Crippen LogP contribution >= 0.6 is 11.3 Å². The van der Waals surface area contributed by atoms with E-state index in [4.69, 9.17) is 14.4 Å². The van der Waals surface area contributed by atoms with E-state index in [9.17, 15) is 0 Å². The Balaban J connectivity index is 0.000000113. The Labute approximate surface area is 661 Å². The van der Waals surface area contributed by atoms with Gasteiger partial charge in [-0.25, -0.2) is 29.9 Å². The van der Waals surface area contributed by atoms with Crippen LogP contribution < -0.4 is 0 Å². The van der Waals surface area contributed by atoms with E-state index in [1.54, 1.807) is 17.7 Å². The molecule has 15 heteroatoms. The van der Waals surface area contributed by atoms with Gasteiger partial charge in [-0.05, 0) is 153 Å². The van der Waals surface area contributed by atoms with Crippen molar-refractivity contribution in [1.82, 2.24) is 64.4 Å². The first kappa shape index (κ1) is 75.4. The van der Waals surface area contributed by atoms with Gasteiger partial charge < -0.3 is 4.42 Å². The molecular weight excluding hydrogens is 1410 g/mol. The molecule has 0 bridgehead atoms. The maximum Gasteiger partial charge on any atom is 0.192 e. The fourth-order valence-corrected chi connectivity index (χ4v) is 13.8. The quantitative estimate of drug-likeness (QED) is 0.142. The lowest BCUT2D eigenvalue weighted by Gasteiger charge is -2.10. The Bertz CT molecular complexity index is 6330. The highest BCUT2D eigenvalue weighted by Crippen LogP contribution is 2.33. The van der Waals surface area contributed by atoms with E-state index in [0.29, 0.717) is 0 Å². The smallest absolute Gasteiger partial charge is 0.192 e. The first-order valence-electron chi connectivity index (χ1n) is 37.2. The molecule has 113 heavy (non-hydrogen) atoms. The predicted molar refractivity (Wildman–Crippen MR) is 463 cm³/mol. The van der Waals surface area contributed by atoms with Gasteiger partial charge in [0.25, 0.3) is 0 Å². The molecule has 0 amide bonds. The summed E-state index contributed by atoms with van der Waals surface area (Å²) >= 11 is 1.74. The van der Waals surface area contributed by atoms with E-state index in [1.807, 2.05) is 235 Å². The van der Waals surface area contributed by atoms with Gasteiger partial charge in [0.15, 0.2) is 17.3 Å². The van der Waals surface area contributed by atoms with Gasteiger partial charge in [0.1, 0.15) is 35.1 Å². The molecule has 0 atom stereocenters. The van der Waals surface area contributed by atoms with Crippen molar-refractivity contribution in [3.05, 3.63) is 404 Å². The average Bonchev–Trinajstić information content (AvgIpc) is 1.50. The van der Waals surface area contributed by atoms with Crippen molar-refractivity contribution in [3.8, 4) is 78.9 Å². The number of para-hydroxylation sites is 6. The molecule has 0 unspecified atom stereocenters. The average molecular weight is 1490 g/mol. The number of rotatable bonds is 8. The van der Waals surface area contributed by atoms with Crippen molar-refractivity contribution >= 4 is 65.1 Å². The Hall–Kier alpha value is -14.4. The van der Waals surface area contributed by atoms with Crippen LogP contribution in [-0.2, 0) is 0 Å². The molecule has 0 radical (unpaired) electrons. The standard InChI is InChI=1S/C25H18N2.C21H16N2.C15H13N3.C12H11N.C9H9N3.C8H7NO.C8H7NS/c1-17-26-24(21-14-13-18-7-2-3-9-20(18)15-21)16-25(27-17)23-12-6-10-19-8-4-5-11-22(19)23;1-15-22-20-10-6-5-9-19(20)21(23-15)18-13-11-17(12-14-18)16-7-3-2-4-8-16;1-12-16-17-15(13-8-4-2-5-9-13)18(12)14-10-6-3-7-11-14;1-10-6-5-9-12(13-10)11-7-3-2-4-8-11;1-8-11-10-7-12(8)9-5-3-2-4-6-9;2*1-6-9-7-4-2-3-5-8(7)10-6/h2-16H,1H3;2-14H,1H3;2-11H,1H3;2-9H,1H3;2-7H,1H3;2*2-5H,1H3. The highest BCUT2D eigenvalue weighted by molar-refractivity contribution is 7.18. The molecule has 14 nitrogen and oxygen atoms in total. The zero-order chi connectivity index (χ0) is 77.7. The molecule has 550 valence electrons. The minimum Gasteiger partial charge on any atom is -0.441 e. The fourth-order valence-electron chi connectivity index (χ4n) is 13.0. The summed E-state index contributed by atoms with van der Waals surface area (Å²) in [5.74, 6) is 4.97. The summed E-state index contributed by atoms with van der Waals surface area (Å²) in [6, 6.07) is 121. The summed E-state index contributed by atoms with van der Waals surface area (Å²) in [6.07, 6.45) is 1.71. The van der Waals surface area contributed by atoms with Gasteiger partial charge in [-0.15, -0.1) is 31.7 Å². The maximum atomic E-state index is 5.26. The van der Waals surface area contributed by atoms with Crippen LogP contribution in [0.15, 0.2) is 369 Å². The fraction of sp³-hybridized carbons (Fsp3) is 0.0714. The summed E-state index contributed by atoms with van der Waals surface area (Å²) < 4.78 is 10.5. The monoisotopic (exact) mass is 1490 g/mol. The van der Waals surface area contributed by atoms with Gasteiger partial charge in [-0.1, -0.05) is 279 Å². The second-order valence-corrected chi connectivity index (χ2v) is 27.7. The number of oxazole rings is 1. The first-order valence-corrected chi connectivity index (χ1v) is 38.0. The van der Waals surface area contributed by atoms with E-state index < -0.39 is 0 Å². The number of hydrogen-bond acceptors (Lipinski definition) is 13. The van der Waals surface area contributed by atoms with Gasteiger partial charge in [0.05, 0.1) is 43.5 Å². The third kappa shape index (κ3) is 19.4. The summed E-state index contributed by atoms with van der Waals surface area (Å²) in [5.41, 5.74) is 19.1. The largest absolute Gasteiger partial charge is 0.441 e. The SMILES string of the molecule is Cc1cccc(-c2ccccc2)n1.Cc1nc(-c2ccc(-c3ccccc3)cc2)c2ccccc2n1.Cc1nc(-c2ccc3ccccc3c2)cc(-c2cccc3ccccc23)n1.Cc1nc2ccccc2o1.Cc1nc2ccccc2s1.Cc1nnc(-c2ccccc2)n1-c1ccccc1.Cc1nncn1-c1ccccc1. The van der Waals surface area contributed by atoms with Crippen LogP contribution in [0.3, 0.4) is 0 Å². The lowest BCUT2D eigenvalue weighted by atomic mass is 10.00. The molecule has 0 aliphatic rings. The number of nitrogens with zero attached hydrogens (tertiary/aromatic N) is 13. The zero-order valence-electron chi connectivity index (χ0n) is 63.8. The number of fused-ring (bicyclic) bond motifs is 5. The molecular formula is C98H81N13OS. The molecule has 20 rings (SSSR count).